The lowest BCUT2D eigenvalue weighted by atomic mass is 9.71. The molecule has 0 amide bonds. The van der Waals surface area contributed by atoms with Crippen molar-refractivity contribution in [3.63, 3.8) is 0 Å². The highest BCUT2D eigenvalue weighted by Gasteiger charge is 2.43. The summed E-state index contributed by atoms with van der Waals surface area (Å²) in [6, 6.07) is 13.3. The number of halogens is 6. The van der Waals surface area contributed by atoms with Crippen molar-refractivity contribution in [2.24, 2.45) is 5.92 Å². The molecular formula is C32H33F6NO4. The van der Waals surface area contributed by atoms with Gasteiger partial charge in [0.15, 0.2) is 17.3 Å². The summed E-state index contributed by atoms with van der Waals surface area (Å²) in [7, 11) is 1.49. The molecule has 0 atom stereocenters. The molecule has 1 N–H and O–H groups in total. The Morgan fingerprint density at radius 2 is 1.30 bits per heavy atom. The number of alkyl halides is 6. The van der Waals surface area contributed by atoms with Crippen LogP contribution in [0.2, 0.25) is 0 Å². The van der Waals surface area contributed by atoms with E-state index in [1.807, 2.05) is 0 Å². The lowest BCUT2D eigenvalue weighted by Crippen LogP contribution is -2.44. The smallest absolute Gasteiger partial charge is 0.416 e. The molecule has 1 aliphatic heterocycles. The molecule has 4 rings (SSSR count). The van der Waals surface area contributed by atoms with Gasteiger partial charge in [-0.05, 0) is 98.8 Å². The number of hydrogen-bond acceptors (Lipinski definition) is 5. The summed E-state index contributed by atoms with van der Waals surface area (Å²) < 4.78 is 90.4. The van der Waals surface area contributed by atoms with Crippen LogP contribution in [0.4, 0.5) is 26.3 Å². The summed E-state index contributed by atoms with van der Waals surface area (Å²) in [6.07, 6.45) is -7.52. The van der Waals surface area contributed by atoms with E-state index in [-0.39, 0.29) is 16.9 Å². The number of Topliss-reactive ketones (excluding diaryl/α,β-unsaturated/α-hetero) is 1. The number of hydrogen-bond donors (Lipinski definition) is 1. The van der Waals surface area contributed by atoms with E-state index in [1.54, 1.807) is 18.2 Å². The van der Waals surface area contributed by atoms with Gasteiger partial charge in [0, 0.05) is 12.1 Å². The van der Waals surface area contributed by atoms with E-state index in [9.17, 15) is 36.2 Å². The maximum atomic E-state index is 13.2. The van der Waals surface area contributed by atoms with Gasteiger partial charge in [-0.1, -0.05) is 24.3 Å². The fourth-order valence-electron chi connectivity index (χ4n) is 5.52. The molecule has 43 heavy (non-hydrogen) atoms. The second-order valence-electron chi connectivity index (χ2n) is 10.7. The molecule has 232 valence electrons. The van der Waals surface area contributed by atoms with E-state index in [0.29, 0.717) is 62.6 Å². The van der Waals surface area contributed by atoms with Crippen LogP contribution in [-0.2, 0) is 18.0 Å². The predicted octanol–water partition coefficient (Wildman–Crippen LogP) is 7.35. The maximum absolute atomic E-state index is 13.2. The van der Waals surface area contributed by atoms with E-state index in [1.165, 1.54) is 38.3 Å². The molecule has 5 nitrogen and oxygen atoms in total. The summed E-state index contributed by atoms with van der Waals surface area (Å²) in [4.78, 5) is 13.8. The Hall–Kier alpha value is -3.57. The molecule has 3 aromatic carbocycles. The topological polar surface area (TPSA) is 59.0 Å². The average Bonchev–Trinajstić information content (AvgIpc) is 2.98. The van der Waals surface area contributed by atoms with Gasteiger partial charge in [0.05, 0.1) is 24.8 Å². The molecule has 0 aromatic heterocycles. The van der Waals surface area contributed by atoms with Crippen molar-refractivity contribution in [1.82, 2.24) is 4.90 Å². The standard InChI is InChI=1S/C32H33F6NO4/c1-21(40)22-4-13-28(29(20-22)42-2)43-19-3-16-39-17-14-25(15-18-39)30(41,23-5-9-26(10-6-23)31(33,34)35)24-7-11-27(12-8-24)32(36,37)38/h4-13,20,25,41H,3,14-19H2,1-2H3. The number of aliphatic hydroxyl groups is 1. The van der Waals surface area contributed by atoms with Gasteiger partial charge >= 0.3 is 12.4 Å². The van der Waals surface area contributed by atoms with E-state index in [4.69, 9.17) is 9.47 Å². The second-order valence-corrected chi connectivity index (χ2v) is 10.7. The quantitative estimate of drug-likeness (QED) is 0.148. The monoisotopic (exact) mass is 609 g/mol. The Labute approximate surface area is 246 Å². The molecule has 0 bridgehead atoms. The fourth-order valence-corrected chi connectivity index (χ4v) is 5.52. The number of benzene rings is 3. The molecule has 11 heteroatoms. The number of ether oxygens (including phenoxy) is 2. The van der Waals surface area contributed by atoms with Crippen molar-refractivity contribution in [3.8, 4) is 11.5 Å². The molecule has 1 fully saturated rings. The minimum atomic E-state index is -4.57. The van der Waals surface area contributed by atoms with Crippen molar-refractivity contribution >= 4 is 5.78 Å². The number of nitrogens with zero attached hydrogens (tertiary/aromatic N) is 1. The van der Waals surface area contributed by atoms with Crippen LogP contribution in [0.5, 0.6) is 11.5 Å². The number of likely N-dealkylation sites (tertiary alicyclic amines) is 1. The number of ketones is 1. The van der Waals surface area contributed by atoms with Gasteiger partial charge < -0.3 is 19.5 Å². The first kappa shape index (κ1) is 32.3. The second kappa shape index (κ2) is 13.0. The first-order valence-corrected chi connectivity index (χ1v) is 13.9. The van der Waals surface area contributed by atoms with E-state index < -0.39 is 35.0 Å². The first-order valence-electron chi connectivity index (χ1n) is 13.9. The Bertz CT molecular complexity index is 1320. The Balaban J connectivity index is 1.43. The number of carbonyl (C=O) groups is 1. The molecule has 0 aliphatic carbocycles. The Morgan fingerprint density at radius 1 is 0.814 bits per heavy atom. The summed E-state index contributed by atoms with van der Waals surface area (Å²) >= 11 is 0. The molecule has 0 spiro atoms. The van der Waals surface area contributed by atoms with Gasteiger partial charge in [0.1, 0.15) is 5.60 Å². The van der Waals surface area contributed by atoms with E-state index >= 15 is 0 Å². The largest absolute Gasteiger partial charge is 0.493 e. The summed E-state index contributed by atoms with van der Waals surface area (Å²) in [5.41, 5.74) is -2.65. The fraction of sp³-hybridized carbons (Fsp3) is 0.406. The molecule has 3 aromatic rings. The lowest BCUT2D eigenvalue weighted by molar-refractivity contribution is -0.138. The van der Waals surface area contributed by atoms with Crippen LogP contribution < -0.4 is 9.47 Å². The third-order valence-electron chi connectivity index (χ3n) is 7.93. The van der Waals surface area contributed by atoms with Crippen LogP contribution in [-0.4, -0.2) is 49.1 Å². The Morgan fingerprint density at radius 3 is 1.74 bits per heavy atom. The summed E-state index contributed by atoms with van der Waals surface area (Å²) in [5.74, 6) is 0.443. The number of piperidine rings is 1. The van der Waals surface area contributed by atoms with Gasteiger partial charge in [0.25, 0.3) is 0 Å². The van der Waals surface area contributed by atoms with Gasteiger partial charge in [-0.3, -0.25) is 4.79 Å². The highest BCUT2D eigenvalue weighted by Crippen LogP contribution is 2.44. The molecule has 1 saturated heterocycles. The zero-order valence-corrected chi connectivity index (χ0v) is 23.8. The van der Waals surface area contributed by atoms with Crippen LogP contribution in [0.15, 0.2) is 66.7 Å². The third kappa shape index (κ3) is 7.51. The van der Waals surface area contributed by atoms with Gasteiger partial charge in [0.2, 0.25) is 0 Å². The van der Waals surface area contributed by atoms with E-state index in [2.05, 4.69) is 4.90 Å². The molecule has 1 aliphatic rings. The zero-order valence-electron chi connectivity index (χ0n) is 23.8. The van der Waals surface area contributed by atoms with Crippen molar-refractivity contribution < 1.29 is 45.7 Å². The van der Waals surface area contributed by atoms with Crippen molar-refractivity contribution in [2.45, 2.75) is 44.1 Å². The highest BCUT2D eigenvalue weighted by molar-refractivity contribution is 5.94. The van der Waals surface area contributed by atoms with Crippen LogP contribution in [0.25, 0.3) is 0 Å². The van der Waals surface area contributed by atoms with Crippen LogP contribution in [0.1, 0.15) is 58.8 Å². The van der Waals surface area contributed by atoms with Crippen LogP contribution >= 0.6 is 0 Å². The molecule has 0 unspecified atom stereocenters. The van der Waals surface area contributed by atoms with Crippen molar-refractivity contribution in [2.75, 3.05) is 33.4 Å². The third-order valence-corrected chi connectivity index (χ3v) is 7.93. The number of carbonyl (C=O) groups excluding carboxylic acids is 1. The average molecular weight is 610 g/mol. The minimum absolute atomic E-state index is 0.0863. The molecule has 0 saturated carbocycles. The predicted molar refractivity (Wildman–Crippen MR) is 148 cm³/mol. The summed E-state index contributed by atoms with van der Waals surface area (Å²) in [6.45, 7) is 3.68. The molecule has 0 radical (unpaired) electrons. The molecule has 1 heterocycles. The lowest BCUT2D eigenvalue weighted by Gasteiger charge is -2.42. The SMILES string of the molecule is COc1cc(C(C)=O)ccc1OCCCN1CCC(C(O)(c2ccc(C(F)(F)F)cc2)c2ccc(C(F)(F)F)cc2)CC1. The zero-order chi connectivity index (χ0) is 31.4. The van der Waals surface area contributed by atoms with Crippen LogP contribution in [0.3, 0.4) is 0 Å². The van der Waals surface area contributed by atoms with E-state index in [0.717, 1.165) is 24.3 Å². The van der Waals surface area contributed by atoms with Crippen molar-refractivity contribution in [3.05, 3.63) is 94.5 Å². The first-order chi connectivity index (χ1) is 20.2. The van der Waals surface area contributed by atoms with Gasteiger partial charge in [-0.2, -0.15) is 26.3 Å². The van der Waals surface area contributed by atoms with Crippen molar-refractivity contribution in [1.29, 1.82) is 0 Å². The normalized spacial score (nSPS) is 15.4. The Kier molecular flexibility index (Phi) is 9.76. The maximum Gasteiger partial charge on any atom is 0.416 e. The van der Waals surface area contributed by atoms with Gasteiger partial charge in [-0.15, -0.1) is 0 Å². The number of methoxy groups -OCH3 is 1. The minimum Gasteiger partial charge on any atom is -0.493 e. The van der Waals surface area contributed by atoms with Crippen LogP contribution in [0, 0.1) is 5.92 Å². The number of rotatable bonds is 10. The highest BCUT2D eigenvalue weighted by atomic mass is 19.4. The molecular weight excluding hydrogens is 576 g/mol. The van der Waals surface area contributed by atoms with Gasteiger partial charge in [-0.25, -0.2) is 0 Å². The summed E-state index contributed by atoms with van der Waals surface area (Å²) in [5, 5.41) is 12.1.